The number of nitrogens with zero attached hydrogens (tertiary/aromatic N) is 4. The summed E-state index contributed by atoms with van der Waals surface area (Å²) in [4.78, 5) is 6.98. The molecular weight excluding hydrogens is 338 g/mol. The van der Waals surface area contributed by atoms with Gasteiger partial charge in [0.05, 0.1) is 12.0 Å². The Kier molecular flexibility index (Phi) is 4.89. The fraction of sp³-hybridized carbons (Fsp3) is 0.238. The number of furan rings is 1. The largest absolute Gasteiger partial charge is 0.463 e. The highest BCUT2D eigenvalue weighted by atomic mass is 16.3. The summed E-state index contributed by atoms with van der Waals surface area (Å²) in [5.74, 6) is 1.74. The van der Waals surface area contributed by atoms with Crippen molar-refractivity contribution in [3.8, 4) is 22.7 Å². The summed E-state index contributed by atoms with van der Waals surface area (Å²) in [5.41, 5.74) is 3.59. The molecule has 0 spiro atoms. The van der Waals surface area contributed by atoms with Crippen LogP contribution in [0.5, 0.6) is 0 Å². The number of benzene rings is 1. The highest BCUT2D eigenvalue weighted by molar-refractivity contribution is 5.69. The first-order chi connectivity index (χ1) is 13.3. The SMILES string of the molecule is CNCCCN(C)c1cc(-c2ccco2)nc2cc(-c3ccccc3)nn12. The number of nitrogens with one attached hydrogen (secondary N) is 1. The molecule has 4 rings (SSSR count). The van der Waals surface area contributed by atoms with E-state index < -0.39 is 0 Å². The fourth-order valence-electron chi connectivity index (χ4n) is 3.14. The second-order valence-corrected chi connectivity index (χ2v) is 6.52. The summed E-state index contributed by atoms with van der Waals surface area (Å²) in [6.45, 7) is 1.88. The molecule has 0 saturated carbocycles. The van der Waals surface area contributed by atoms with Gasteiger partial charge in [-0.3, -0.25) is 0 Å². The Labute approximate surface area is 158 Å². The van der Waals surface area contributed by atoms with Crippen molar-refractivity contribution < 1.29 is 4.42 Å². The number of hydrogen-bond acceptors (Lipinski definition) is 5. The first-order valence-electron chi connectivity index (χ1n) is 9.12. The first-order valence-corrected chi connectivity index (χ1v) is 9.12. The first kappa shape index (κ1) is 17.3. The average Bonchev–Trinajstić information content (AvgIpc) is 3.37. The lowest BCUT2D eigenvalue weighted by Crippen LogP contribution is -2.24. The molecule has 27 heavy (non-hydrogen) atoms. The summed E-state index contributed by atoms with van der Waals surface area (Å²) in [6.07, 6.45) is 2.71. The van der Waals surface area contributed by atoms with Crippen LogP contribution in [0.15, 0.2) is 65.3 Å². The lowest BCUT2D eigenvalue weighted by Gasteiger charge is -2.20. The molecule has 0 aliphatic heterocycles. The zero-order valence-electron chi connectivity index (χ0n) is 15.6. The van der Waals surface area contributed by atoms with Gasteiger partial charge in [0.1, 0.15) is 11.5 Å². The lowest BCUT2D eigenvalue weighted by atomic mass is 10.2. The number of fused-ring (bicyclic) bond motifs is 1. The third-order valence-corrected chi connectivity index (χ3v) is 4.56. The standard InChI is InChI=1S/C21H23N5O/c1-22-11-7-12-25(2)21-15-18(19-10-6-13-27-19)23-20-14-17(24-26(20)21)16-8-4-3-5-9-16/h3-6,8-10,13-15,22H,7,11-12H2,1-2H3. The van der Waals surface area contributed by atoms with Crippen LogP contribution in [-0.2, 0) is 0 Å². The van der Waals surface area contributed by atoms with Crippen molar-refractivity contribution in [2.45, 2.75) is 6.42 Å². The molecule has 1 aromatic carbocycles. The summed E-state index contributed by atoms with van der Waals surface area (Å²) in [6, 6.07) is 18.0. The fourth-order valence-corrected chi connectivity index (χ4v) is 3.14. The minimum atomic E-state index is 0.754. The van der Waals surface area contributed by atoms with Crippen molar-refractivity contribution in [3.05, 3.63) is 60.9 Å². The van der Waals surface area contributed by atoms with E-state index in [1.165, 1.54) is 0 Å². The van der Waals surface area contributed by atoms with Gasteiger partial charge in [-0.05, 0) is 32.1 Å². The van der Waals surface area contributed by atoms with Crippen LogP contribution in [-0.4, -0.2) is 41.8 Å². The lowest BCUT2D eigenvalue weighted by molar-refractivity contribution is 0.580. The Balaban J connectivity index is 1.81. The summed E-state index contributed by atoms with van der Waals surface area (Å²) in [7, 11) is 4.06. The molecule has 0 aliphatic rings. The zero-order chi connectivity index (χ0) is 18.6. The molecule has 0 unspecified atom stereocenters. The van der Waals surface area contributed by atoms with E-state index >= 15 is 0 Å². The predicted octanol–water partition coefficient (Wildman–Crippen LogP) is 3.70. The van der Waals surface area contributed by atoms with Gasteiger partial charge in [0.15, 0.2) is 11.4 Å². The maximum Gasteiger partial charge on any atom is 0.158 e. The molecule has 0 aliphatic carbocycles. The van der Waals surface area contributed by atoms with Crippen molar-refractivity contribution in [2.24, 2.45) is 0 Å². The van der Waals surface area contributed by atoms with E-state index in [-0.39, 0.29) is 0 Å². The van der Waals surface area contributed by atoms with Gasteiger partial charge in [-0.2, -0.15) is 9.61 Å². The van der Waals surface area contributed by atoms with E-state index in [1.54, 1.807) is 6.26 Å². The van der Waals surface area contributed by atoms with E-state index in [9.17, 15) is 0 Å². The monoisotopic (exact) mass is 361 g/mol. The Morgan fingerprint density at radius 2 is 1.93 bits per heavy atom. The summed E-state index contributed by atoms with van der Waals surface area (Å²) >= 11 is 0. The molecule has 0 radical (unpaired) electrons. The maximum atomic E-state index is 5.57. The number of aromatic nitrogens is 3. The second kappa shape index (κ2) is 7.63. The summed E-state index contributed by atoms with van der Waals surface area (Å²) in [5, 5.41) is 8.02. The van der Waals surface area contributed by atoms with Gasteiger partial charge in [-0.15, -0.1) is 0 Å². The van der Waals surface area contributed by atoms with Crippen LogP contribution in [0.2, 0.25) is 0 Å². The number of hydrogen-bond donors (Lipinski definition) is 1. The van der Waals surface area contributed by atoms with Crippen molar-refractivity contribution in [1.29, 1.82) is 0 Å². The van der Waals surface area contributed by atoms with Gasteiger partial charge >= 0.3 is 0 Å². The third-order valence-electron chi connectivity index (χ3n) is 4.56. The molecule has 1 N–H and O–H groups in total. The van der Waals surface area contributed by atoms with E-state index in [4.69, 9.17) is 14.5 Å². The quantitative estimate of drug-likeness (QED) is 0.509. The van der Waals surface area contributed by atoms with Gasteiger partial charge in [0.25, 0.3) is 0 Å². The Morgan fingerprint density at radius 3 is 2.67 bits per heavy atom. The van der Waals surface area contributed by atoms with Crippen LogP contribution in [0.25, 0.3) is 28.4 Å². The van der Waals surface area contributed by atoms with E-state index in [0.29, 0.717) is 0 Å². The van der Waals surface area contributed by atoms with Crippen molar-refractivity contribution in [1.82, 2.24) is 19.9 Å². The molecule has 3 aromatic heterocycles. The maximum absolute atomic E-state index is 5.57. The minimum Gasteiger partial charge on any atom is -0.463 e. The van der Waals surface area contributed by atoms with Crippen LogP contribution in [0, 0.1) is 0 Å². The van der Waals surface area contributed by atoms with Gasteiger partial charge in [-0.1, -0.05) is 30.3 Å². The van der Waals surface area contributed by atoms with Crippen molar-refractivity contribution in [3.63, 3.8) is 0 Å². The molecule has 6 nitrogen and oxygen atoms in total. The number of rotatable bonds is 7. The molecule has 0 saturated heterocycles. The second-order valence-electron chi connectivity index (χ2n) is 6.52. The van der Waals surface area contributed by atoms with Gasteiger partial charge < -0.3 is 14.6 Å². The summed E-state index contributed by atoms with van der Waals surface area (Å²) < 4.78 is 7.48. The van der Waals surface area contributed by atoms with Gasteiger partial charge in [0, 0.05) is 31.3 Å². The molecule has 0 atom stereocenters. The molecule has 0 amide bonds. The Morgan fingerprint density at radius 1 is 1.07 bits per heavy atom. The van der Waals surface area contributed by atoms with E-state index in [2.05, 4.69) is 29.4 Å². The van der Waals surface area contributed by atoms with Crippen LogP contribution < -0.4 is 10.2 Å². The Hall–Kier alpha value is -3.12. The molecular formula is C21H23N5O. The smallest absolute Gasteiger partial charge is 0.158 e. The third kappa shape index (κ3) is 3.57. The van der Waals surface area contributed by atoms with Crippen molar-refractivity contribution in [2.75, 3.05) is 32.1 Å². The number of anilines is 1. The predicted molar refractivity (Wildman–Crippen MR) is 108 cm³/mol. The average molecular weight is 361 g/mol. The van der Waals surface area contributed by atoms with Gasteiger partial charge in [-0.25, -0.2) is 4.98 Å². The van der Waals surface area contributed by atoms with Crippen LogP contribution in [0.4, 0.5) is 5.82 Å². The molecule has 0 bridgehead atoms. The van der Waals surface area contributed by atoms with Crippen LogP contribution in [0.3, 0.4) is 0 Å². The minimum absolute atomic E-state index is 0.754. The molecule has 6 heteroatoms. The molecule has 3 heterocycles. The molecule has 138 valence electrons. The van der Waals surface area contributed by atoms with E-state index in [0.717, 1.165) is 53.7 Å². The van der Waals surface area contributed by atoms with Gasteiger partial charge in [0.2, 0.25) is 0 Å². The molecule has 4 aromatic rings. The van der Waals surface area contributed by atoms with E-state index in [1.807, 2.05) is 54.0 Å². The topological polar surface area (TPSA) is 58.6 Å². The Bertz CT molecular complexity index is 1010. The zero-order valence-corrected chi connectivity index (χ0v) is 15.6. The highest BCUT2D eigenvalue weighted by Gasteiger charge is 2.15. The van der Waals surface area contributed by atoms with Crippen molar-refractivity contribution >= 4 is 11.5 Å². The normalized spacial score (nSPS) is 11.2. The van der Waals surface area contributed by atoms with Crippen LogP contribution in [0.1, 0.15) is 6.42 Å². The van der Waals surface area contributed by atoms with Crippen LogP contribution >= 0.6 is 0 Å². The molecule has 0 fully saturated rings. The highest BCUT2D eigenvalue weighted by Crippen LogP contribution is 2.27.